The third-order valence-corrected chi connectivity index (χ3v) is 6.30. The average Bonchev–Trinajstić information content (AvgIpc) is 2.53. The Kier molecular flexibility index (Phi) is 7.58. The Morgan fingerprint density at radius 1 is 1.37 bits per heavy atom. The number of aliphatic hydroxyl groups is 2. The van der Waals surface area contributed by atoms with E-state index < -0.39 is 33.8 Å². The number of rotatable bonds is 7. The summed E-state index contributed by atoms with van der Waals surface area (Å²) >= 11 is 6.94. The highest BCUT2D eigenvalue weighted by Crippen LogP contribution is 2.38. The molecule has 1 aromatic rings. The van der Waals surface area contributed by atoms with E-state index in [1.807, 2.05) is 5.32 Å². The molecule has 2 unspecified atom stereocenters. The molecule has 0 radical (unpaired) electrons. The second-order valence-corrected chi connectivity index (χ2v) is 8.61. The van der Waals surface area contributed by atoms with Gasteiger partial charge in [-0.25, -0.2) is 13.1 Å². The van der Waals surface area contributed by atoms with E-state index in [0.717, 1.165) is 23.9 Å². The molecule has 4 N–H and O–H groups in total. The van der Waals surface area contributed by atoms with Crippen LogP contribution in [0.4, 0.5) is 18.9 Å². The summed E-state index contributed by atoms with van der Waals surface area (Å²) in [5.41, 5.74) is -3.97. The third-order valence-electron chi connectivity index (χ3n) is 3.37. The minimum absolute atomic E-state index is 0.0285. The fraction of sp³-hybridized carbons (Fsp3) is 0.500. The lowest BCUT2D eigenvalue weighted by Gasteiger charge is -2.25. The van der Waals surface area contributed by atoms with Crippen molar-refractivity contribution < 1.29 is 36.6 Å². The summed E-state index contributed by atoms with van der Waals surface area (Å²) in [5.74, 6) is -1.77. The van der Waals surface area contributed by atoms with Crippen LogP contribution in [0, 0.1) is 0 Å². The van der Waals surface area contributed by atoms with Crippen LogP contribution in [-0.2, 0) is 14.8 Å². The number of halogens is 4. The molecule has 7 nitrogen and oxygen atoms in total. The third kappa shape index (κ3) is 5.48. The molecule has 0 saturated carbocycles. The molecule has 0 fully saturated rings. The van der Waals surface area contributed by atoms with E-state index >= 15 is 0 Å². The van der Waals surface area contributed by atoms with E-state index in [-0.39, 0.29) is 34.0 Å². The van der Waals surface area contributed by atoms with Gasteiger partial charge < -0.3 is 15.5 Å². The quantitative estimate of drug-likeness (QED) is 0.472. The van der Waals surface area contributed by atoms with Gasteiger partial charge in [-0.3, -0.25) is 4.79 Å². The number of alkyl halides is 3. The Hall–Kier alpha value is -1.05. The van der Waals surface area contributed by atoms with Crippen LogP contribution < -0.4 is 10.0 Å². The SMILES string of the molecule is CSc1c(S(=O)(=O)NCC(C)O)ccc(NC(=O)C(C)(O)C(F)(F)F)c1Cl. The van der Waals surface area contributed by atoms with Crippen molar-refractivity contribution in [1.82, 2.24) is 4.72 Å². The second kappa shape index (κ2) is 8.53. The first-order valence-corrected chi connectivity index (χ1v) is 10.4. The van der Waals surface area contributed by atoms with Gasteiger partial charge in [-0.1, -0.05) is 11.6 Å². The largest absolute Gasteiger partial charge is 0.426 e. The molecule has 27 heavy (non-hydrogen) atoms. The summed E-state index contributed by atoms with van der Waals surface area (Å²) in [7, 11) is -4.07. The minimum atomic E-state index is -5.22. The highest BCUT2D eigenvalue weighted by atomic mass is 35.5. The fourth-order valence-corrected chi connectivity index (χ4v) is 4.56. The van der Waals surface area contributed by atoms with Gasteiger partial charge in [0, 0.05) is 11.4 Å². The van der Waals surface area contributed by atoms with Crippen LogP contribution in [0.2, 0.25) is 5.02 Å². The molecular formula is C14H18ClF3N2O5S2. The summed E-state index contributed by atoms with van der Waals surface area (Å²) in [6.07, 6.45) is -4.69. The molecule has 1 rings (SSSR count). The summed E-state index contributed by atoms with van der Waals surface area (Å²) in [5, 5.41) is 20.1. The van der Waals surface area contributed by atoms with E-state index in [1.54, 1.807) is 0 Å². The number of carbonyl (C=O) groups excluding carboxylic acids is 1. The first-order chi connectivity index (χ1) is 12.1. The van der Waals surface area contributed by atoms with Gasteiger partial charge in [0.2, 0.25) is 15.6 Å². The standard InChI is InChI=1S/C14H18ClF3N2O5S2/c1-7(21)6-19-27(24,25)9-5-4-8(10(15)11(9)26-3)20-12(22)13(2,23)14(16,17)18/h4-5,7,19,21,23H,6H2,1-3H3,(H,20,22). The van der Waals surface area contributed by atoms with Gasteiger partial charge in [0.25, 0.3) is 5.91 Å². The van der Waals surface area contributed by atoms with Crippen LogP contribution in [0.5, 0.6) is 0 Å². The molecule has 0 aromatic heterocycles. The van der Waals surface area contributed by atoms with Gasteiger partial charge in [-0.15, -0.1) is 11.8 Å². The van der Waals surface area contributed by atoms with Gasteiger partial charge in [-0.2, -0.15) is 13.2 Å². The smallest absolute Gasteiger partial charge is 0.392 e. The van der Waals surface area contributed by atoms with Crippen molar-refractivity contribution in [3.63, 3.8) is 0 Å². The van der Waals surface area contributed by atoms with Gasteiger partial charge in [0.05, 0.1) is 21.7 Å². The molecule has 0 spiro atoms. The van der Waals surface area contributed by atoms with E-state index in [0.29, 0.717) is 0 Å². The van der Waals surface area contributed by atoms with E-state index in [1.165, 1.54) is 13.2 Å². The van der Waals surface area contributed by atoms with Crippen molar-refractivity contribution in [3.8, 4) is 0 Å². The number of benzene rings is 1. The zero-order chi connectivity index (χ0) is 21.2. The van der Waals surface area contributed by atoms with Crippen molar-refractivity contribution in [2.45, 2.75) is 41.5 Å². The minimum Gasteiger partial charge on any atom is -0.392 e. The zero-order valence-electron chi connectivity index (χ0n) is 14.4. The highest BCUT2D eigenvalue weighted by molar-refractivity contribution is 7.99. The van der Waals surface area contributed by atoms with Gasteiger partial charge in [0.15, 0.2) is 0 Å². The average molecular weight is 451 g/mol. The summed E-state index contributed by atoms with van der Waals surface area (Å²) in [6.45, 7) is 1.39. The lowest BCUT2D eigenvalue weighted by molar-refractivity contribution is -0.242. The lowest BCUT2D eigenvalue weighted by atomic mass is 10.1. The van der Waals surface area contributed by atoms with Gasteiger partial charge in [-0.05, 0) is 32.2 Å². The number of aliphatic hydroxyl groups excluding tert-OH is 1. The topological polar surface area (TPSA) is 116 Å². The molecule has 1 amide bonds. The first-order valence-electron chi connectivity index (χ1n) is 7.30. The number of hydrogen-bond donors (Lipinski definition) is 4. The maximum absolute atomic E-state index is 12.7. The van der Waals surface area contributed by atoms with Crippen molar-refractivity contribution in [2.75, 3.05) is 18.1 Å². The van der Waals surface area contributed by atoms with Crippen molar-refractivity contribution in [3.05, 3.63) is 17.2 Å². The lowest BCUT2D eigenvalue weighted by Crippen LogP contribution is -2.52. The molecular weight excluding hydrogens is 433 g/mol. The number of anilines is 1. The molecule has 154 valence electrons. The van der Waals surface area contributed by atoms with Gasteiger partial charge >= 0.3 is 6.18 Å². The van der Waals surface area contributed by atoms with Crippen molar-refractivity contribution in [1.29, 1.82) is 0 Å². The van der Waals surface area contributed by atoms with E-state index in [9.17, 15) is 36.6 Å². The molecule has 0 aliphatic carbocycles. The molecule has 0 saturated heterocycles. The Labute approximate surface area is 163 Å². The van der Waals surface area contributed by atoms with Crippen LogP contribution in [-0.4, -0.2) is 55.2 Å². The Bertz CT molecular complexity index is 814. The van der Waals surface area contributed by atoms with Crippen molar-refractivity contribution >= 4 is 45.0 Å². The summed E-state index contributed by atoms with van der Waals surface area (Å²) in [4.78, 5) is 11.5. The molecule has 0 bridgehead atoms. The molecule has 0 aliphatic heterocycles. The van der Waals surface area contributed by atoms with Crippen LogP contribution in [0.1, 0.15) is 13.8 Å². The number of amides is 1. The van der Waals surface area contributed by atoms with Gasteiger partial charge in [0.1, 0.15) is 0 Å². The molecule has 0 aliphatic rings. The van der Waals surface area contributed by atoms with E-state index in [2.05, 4.69) is 4.72 Å². The first kappa shape index (κ1) is 24.0. The maximum atomic E-state index is 12.7. The number of sulfonamides is 1. The monoisotopic (exact) mass is 450 g/mol. The Morgan fingerprint density at radius 3 is 2.37 bits per heavy atom. The number of carbonyl (C=O) groups is 1. The van der Waals surface area contributed by atoms with Crippen molar-refractivity contribution in [2.24, 2.45) is 0 Å². The second-order valence-electron chi connectivity index (χ2n) is 5.68. The normalized spacial score (nSPS) is 15.9. The summed E-state index contributed by atoms with van der Waals surface area (Å²) in [6, 6.07) is 2.04. The number of nitrogens with one attached hydrogen (secondary N) is 2. The van der Waals surface area contributed by atoms with E-state index in [4.69, 9.17) is 11.6 Å². The fourth-order valence-electron chi connectivity index (χ4n) is 1.72. The predicted molar refractivity (Wildman–Crippen MR) is 95.4 cm³/mol. The number of hydrogen-bond acceptors (Lipinski definition) is 6. The Balaban J connectivity index is 3.27. The highest BCUT2D eigenvalue weighted by Gasteiger charge is 2.55. The Morgan fingerprint density at radius 2 is 1.93 bits per heavy atom. The van der Waals surface area contributed by atoms with Crippen LogP contribution in [0.25, 0.3) is 0 Å². The van der Waals surface area contributed by atoms with Crippen LogP contribution in [0.15, 0.2) is 21.9 Å². The summed E-state index contributed by atoms with van der Waals surface area (Å²) < 4.78 is 65.0. The number of thioether (sulfide) groups is 1. The maximum Gasteiger partial charge on any atom is 0.426 e. The predicted octanol–water partition coefficient (Wildman–Crippen LogP) is 1.97. The molecule has 1 aromatic carbocycles. The zero-order valence-corrected chi connectivity index (χ0v) is 16.8. The molecule has 0 heterocycles. The molecule has 2 atom stereocenters. The van der Waals surface area contributed by atoms with Crippen LogP contribution in [0.3, 0.4) is 0 Å². The van der Waals surface area contributed by atoms with Crippen LogP contribution >= 0.6 is 23.4 Å². The molecule has 13 heteroatoms.